The molecule has 0 aliphatic carbocycles. The van der Waals surface area contributed by atoms with E-state index in [0.29, 0.717) is 0 Å². The van der Waals surface area contributed by atoms with Gasteiger partial charge >= 0.3 is 60.7 Å². The molecule has 5 unspecified atom stereocenters. The van der Waals surface area contributed by atoms with Gasteiger partial charge in [0.1, 0.15) is 12.7 Å². The van der Waals surface area contributed by atoms with Crippen LogP contribution in [0.25, 0.3) is 0 Å². The largest absolute Gasteiger partial charge is 0.491 e. The molecule has 0 amide bonds. The summed E-state index contributed by atoms with van der Waals surface area (Å²) in [6.45, 7) is -2.31. The molecule has 1 rings (SSSR count). The monoisotopic (exact) mass is 660 g/mol. The van der Waals surface area contributed by atoms with Crippen LogP contribution in [0.3, 0.4) is 0 Å². The number of ether oxygens (including phenoxy) is 6. The lowest BCUT2D eigenvalue weighted by Gasteiger charge is -2.43. The fraction of sp³-hybridized carbons (Fsp3) is 0.688. The first-order valence-corrected chi connectivity index (χ1v) is 9.57. The van der Waals surface area contributed by atoms with E-state index in [1.54, 1.807) is 0 Å². The Morgan fingerprint density at radius 2 is 0.762 bits per heavy atom. The Kier molecular flexibility index (Phi) is 10.6. The first-order chi connectivity index (χ1) is 18.6. The van der Waals surface area contributed by atoms with Crippen molar-refractivity contribution < 1.29 is 118 Å². The van der Waals surface area contributed by atoms with Crippen LogP contribution in [0.15, 0.2) is 0 Å². The molecule has 26 heteroatoms. The number of rotatable bonds is 6. The molecular weight excluding hydrogens is 653 g/mol. The second-order valence-electron chi connectivity index (χ2n) is 7.15. The Bertz CT molecular complexity index is 1040. The normalized spacial score (nSPS) is 23.8. The highest BCUT2D eigenvalue weighted by atomic mass is 19.4. The molecule has 1 fully saturated rings. The lowest BCUT2D eigenvalue weighted by Crippen LogP contribution is -2.65. The molecule has 11 nitrogen and oxygen atoms in total. The first kappa shape index (κ1) is 36.3. The van der Waals surface area contributed by atoms with Crippen molar-refractivity contribution in [2.75, 3.05) is 6.61 Å². The second-order valence-corrected chi connectivity index (χ2v) is 7.15. The van der Waals surface area contributed by atoms with Crippen molar-refractivity contribution in [3.63, 3.8) is 0 Å². The molecule has 5 atom stereocenters. The van der Waals surface area contributed by atoms with E-state index in [4.69, 9.17) is 0 Å². The van der Waals surface area contributed by atoms with Gasteiger partial charge in [0.05, 0.1) is 0 Å². The van der Waals surface area contributed by atoms with E-state index in [0.717, 1.165) is 0 Å². The van der Waals surface area contributed by atoms with Crippen molar-refractivity contribution in [2.45, 2.75) is 61.6 Å². The van der Waals surface area contributed by atoms with Gasteiger partial charge in [-0.1, -0.05) is 0 Å². The number of halogens is 15. The Morgan fingerprint density at radius 3 is 1.12 bits per heavy atom. The number of alkyl halides is 15. The van der Waals surface area contributed by atoms with Crippen LogP contribution in [0.4, 0.5) is 65.9 Å². The fourth-order valence-electron chi connectivity index (χ4n) is 2.49. The molecular formula is C16H7F15O11. The van der Waals surface area contributed by atoms with Crippen LogP contribution < -0.4 is 0 Å². The van der Waals surface area contributed by atoms with E-state index >= 15 is 0 Å². The summed E-state index contributed by atoms with van der Waals surface area (Å²) in [5.74, 6) is -17.7. The predicted octanol–water partition coefficient (Wildman–Crippen LogP) is 2.34. The summed E-state index contributed by atoms with van der Waals surface area (Å²) >= 11 is 0. The molecule has 1 aliphatic heterocycles. The van der Waals surface area contributed by atoms with Gasteiger partial charge in [-0.2, -0.15) is 65.9 Å². The Labute approximate surface area is 217 Å². The summed E-state index contributed by atoms with van der Waals surface area (Å²) < 4.78 is 212. The molecule has 0 saturated carbocycles. The minimum atomic E-state index is -6.29. The molecule has 1 heterocycles. The average molecular weight is 660 g/mol. The van der Waals surface area contributed by atoms with E-state index in [1.807, 2.05) is 0 Å². The van der Waals surface area contributed by atoms with Gasteiger partial charge in [0.15, 0.2) is 12.2 Å². The third kappa shape index (κ3) is 9.97. The first-order valence-electron chi connectivity index (χ1n) is 9.57. The van der Waals surface area contributed by atoms with Crippen LogP contribution >= 0.6 is 0 Å². The van der Waals surface area contributed by atoms with Crippen LogP contribution in [0, 0.1) is 0 Å². The van der Waals surface area contributed by atoms with Crippen molar-refractivity contribution in [1.29, 1.82) is 0 Å². The zero-order chi connectivity index (χ0) is 33.2. The molecule has 42 heavy (non-hydrogen) atoms. The number of hydrogen-bond donors (Lipinski definition) is 0. The van der Waals surface area contributed by atoms with Gasteiger partial charge in [0.2, 0.25) is 12.4 Å². The summed E-state index contributed by atoms with van der Waals surface area (Å²) in [6, 6.07) is 0. The average Bonchev–Trinajstić information content (AvgIpc) is 2.77. The van der Waals surface area contributed by atoms with Crippen LogP contribution in [0.2, 0.25) is 0 Å². The van der Waals surface area contributed by atoms with Crippen molar-refractivity contribution in [1.82, 2.24) is 0 Å². The molecule has 0 N–H and O–H groups in total. The molecule has 0 aromatic rings. The summed E-state index contributed by atoms with van der Waals surface area (Å²) in [7, 11) is 0. The van der Waals surface area contributed by atoms with Crippen molar-refractivity contribution in [2.24, 2.45) is 0 Å². The van der Waals surface area contributed by atoms with Gasteiger partial charge in [0, 0.05) is 0 Å². The molecule has 1 saturated heterocycles. The highest BCUT2D eigenvalue weighted by Gasteiger charge is 2.60. The van der Waals surface area contributed by atoms with Gasteiger partial charge in [-0.3, -0.25) is 0 Å². The topological polar surface area (TPSA) is 141 Å². The maximum atomic E-state index is 12.8. The molecule has 0 radical (unpaired) electrons. The Morgan fingerprint density at radius 1 is 0.452 bits per heavy atom. The standard InChI is InChI=1S/C16H7F15O11/c17-12(18,19)7(32)37-1-2-3(39-8(33)13(20,21)22)4(40-9(34)14(23,24)25)5(41-10(35)15(26,27)28)6(38-2)42-11(36)16(29,30)31/h2-6H,1H2. The summed E-state index contributed by atoms with van der Waals surface area (Å²) in [4.78, 5) is 56.1. The fourth-order valence-corrected chi connectivity index (χ4v) is 2.49. The zero-order valence-corrected chi connectivity index (χ0v) is 18.8. The quantitative estimate of drug-likeness (QED) is 0.236. The minimum absolute atomic E-state index is 2.31. The zero-order valence-electron chi connectivity index (χ0n) is 18.8. The summed E-state index contributed by atoms with van der Waals surface area (Å²) in [6.07, 6.45) is -49.3. The van der Waals surface area contributed by atoms with Crippen molar-refractivity contribution >= 4 is 29.8 Å². The number of hydrogen-bond acceptors (Lipinski definition) is 11. The van der Waals surface area contributed by atoms with Crippen molar-refractivity contribution in [3.05, 3.63) is 0 Å². The van der Waals surface area contributed by atoms with E-state index in [9.17, 15) is 89.8 Å². The third-order valence-electron chi connectivity index (χ3n) is 4.08. The molecule has 0 spiro atoms. The number of carbonyl (C=O) groups excluding carboxylic acids is 5. The molecule has 1 aliphatic rings. The lowest BCUT2D eigenvalue weighted by molar-refractivity contribution is -0.321. The highest BCUT2D eigenvalue weighted by Crippen LogP contribution is 2.35. The molecule has 0 aromatic carbocycles. The maximum Gasteiger partial charge on any atom is 0.491 e. The van der Waals surface area contributed by atoms with E-state index in [1.165, 1.54) is 0 Å². The Hall–Kier alpha value is -3.74. The van der Waals surface area contributed by atoms with Gasteiger partial charge < -0.3 is 28.4 Å². The predicted molar refractivity (Wildman–Crippen MR) is 85.6 cm³/mol. The van der Waals surface area contributed by atoms with Gasteiger partial charge in [-0.05, 0) is 0 Å². The van der Waals surface area contributed by atoms with Gasteiger partial charge in [0.25, 0.3) is 0 Å². The van der Waals surface area contributed by atoms with Crippen LogP contribution in [0.1, 0.15) is 0 Å². The van der Waals surface area contributed by atoms with Crippen LogP contribution in [0.5, 0.6) is 0 Å². The Balaban J connectivity index is 3.82. The molecule has 0 bridgehead atoms. The molecule has 0 aromatic heterocycles. The van der Waals surface area contributed by atoms with E-state index in [2.05, 4.69) is 28.4 Å². The highest BCUT2D eigenvalue weighted by molar-refractivity contribution is 5.78. The number of esters is 5. The number of carbonyl (C=O) groups is 5. The lowest BCUT2D eigenvalue weighted by atomic mass is 9.98. The third-order valence-corrected chi connectivity index (χ3v) is 4.08. The summed E-state index contributed by atoms with van der Waals surface area (Å²) in [5, 5.41) is 0. The van der Waals surface area contributed by atoms with E-state index in [-0.39, 0.29) is 0 Å². The van der Waals surface area contributed by atoms with Crippen LogP contribution in [-0.2, 0) is 52.4 Å². The van der Waals surface area contributed by atoms with Crippen molar-refractivity contribution in [3.8, 4) is 0 Å². The smallest absolute Gasteiger partial charge is 0.456 e. The molecule has 242 valence electrons. The van der Waals surface area contributed by atoms with E-state index < -0.39 is 98.0 Å². The minimum Gasteiger partial charge on any atom is -0.456 e. The maximum absolute atomic E-state index is 12.8. The SMILES string of the molecule is O=C(OCC1OC(OC(=O)C(F)(F)F)C(OC(=O)C(F)(F)F)C(OC(=O)C(F)(F)F)C1OC(=O)C(F)(F)F)C(F)(F)F. The van der Waals surface area contributed by atoms with Gasteiger partial charge in [-0.15, -0.1) is 0 Å². The van der Waals surface area contributed by atoms with Gasteiger partial charge in [-0.25, -0.2) is 24.0 Å². The second kappa shape index (κ2) is 12.2. The van der Waals surface area contributed by atoms with Crippen LogP contribution in [-0.4, -0.2) is 98.0 Å². The summed E-state index contributed by atoms with van der Waals surface area (Å²) in [5.41, 5.74) is 0.